The molecule has 0 atom stereocenters. The number of nitrogens with zero attached hydrogens (tertiary/aromatic N) is 2. The summed E-state index contributed by atoms with van der Waals surface area (Å²) in [6, 6.07) is 54.3. The van der Waals surface area contributed by atoms with Crippen LogP contribution in [0.5, 0.6) is 0 Å². The lowest BCUT2D eigenvalue weighted by atomic mass is 9.75. The number of aromatic nitrogens is 1. The van der Waals surface area contributed by atoms with Gasteiger partial charge in [0.05, 0.1) is 22.4 Å². The zero-order valence-corrected chi connectivity index (χ0v) is 23.1. The first-order valence-electron chi connectivity index (χ1n) is 14.1. The highest BCUT2D eigenvalue weighted by atomic mass is 15.1. The Balaban J connectivity index is 1.38. The number of hydrogen-bond acceptors (Lipinski definition) is 1. The van der Waals surface area contributed by atoms with Crippen molar-refractivity contribution in [2.45, 2.75) is 19.3 Å². The molecular weight excluding hydrogens is 496 g/mol. The third-order valence-electron chi connectivity index (χ3n) is 8.61. The summed E-state index contributed by atoms with van der Waals surface area (Å²) in [4.78, 5) is 2.28. The van der Waals surface area contributed by atoms with Gasteiger partial charge in [-0.25, -0.2) is 0 Å². The van der Waals surface area contributed by atoms with Gasteiger partial charge in [0.1, 0.15) is 0 Å². The molecule has 2 heteroatoms. The van der Waals surface area contributed by atoms with Crippen molar-refractivity contribution in [3.8, 4) is 16.8 Å². The summed E-state index contributed by atoms with van der Waals surface area (Å²) in [5, 5.41) is 2.53. The quantitative estimate of drug-likeness (QED) is 0.222. The predicted octanol–water partition coefficient (Wildman–Crippen LogP) is 10.2. The average Bonchev–Trinajstić information content (AvgIpc) is 3.36. The molecule has 0 aliphatic carbocycles. The zero-order chi connectivity index (χ0) is 27.6. The van der Waals surface area contributed by atoms with Crippen LogP contribution >= 0.6 is 0 Å². The second-order valence-corrected chi connectivity index (χ2v) is 11.3. The normalized spacial score (nSPS) is 13.1. The molecule has 0 bridgehead atoms. The molecule has 1 aromatic heterocycles. The fourth-order valence-corrected chi connectivity index (χ4v) is 6.65. The molecule has 0 saturated heterocycles. The number of benzene rings is 5. The molecule has 0 radical (unpaired) electrons. The fourth-order valence-electron chi connectivity index (χ4n) is 6.65. The maximum atomic E-state index is 3.36. The van der Waals surface area contributed by atoms with Crippen LogP contribution in [-0.4, -0.2) is 4.57 Å². The number of hydrogen-bond donors (Lipinski definition) is 0. The first-order chi connectivity index (χ1) is 20.1. The molecule has 0 amide bonds. The number of para-hydroxylation sites is 2. The van der Waals surface area contributed by atoms with Gasteiger partial charge in [0, 0.05) is 27.6 Å². The standard InChI is InChI=1S/C39H28N2/c1-39(2)34-20-9-10-22-37(34)41-36-24-23-31(26-33(36)32-19-12-21-35(39)38(32)41)40(29-16-7-4-8-17-29)30-18-11-15-28(25-30)27-13-5-3-6-14-27/h3-7,9-16,18-26H,1-2H3. The Morgan fingerprint density at radius 3 is 2.22 bits per heavy atom. The van der Waals surface area contributed by atoms with E-state index in [-0.39, 0.29) is 5.41 Å². The van der Waals surface area contributed by atoms with E-state index in [1.165, 1.54) is 49.7 Å². The van der Waals surface area contributed by atoms with E-state index < -0.39 is 0 Å². The maximum absolute atomic E-state index is 3.36. The van der Waals surface area contributed by atoms with Crippen molar-refractivity contribution in [2.24, 2.45) is 0 Å². The SMILES string of the molecule is CC1(C)c2ccccc2-n2c3ccc(N(c4c#cccc4)c4cccc(-c5ccccc5)c4)cc3c3cccc1c32. The van der Waals surface area contributed by atoms with Crippen molar-refractivity contribution in [3.63, 3.8) is 0 Å². The molecule has 41 heavy (non-hydrogen) atoms. The van der Waals surface area contributed by atoms with Crippen LogP contribution in [0.1, 0.15) is 25.0 Å². The topological polar surface area (TPSA) is 8.17 Å². The molecular formula is C39H28N2. The van der Waals surface area contributed by atoms with Crippen LogP contribution in [0.25, 0.3) is 38.6 Å². The molecule has 0 spiro atoms. The lowest BCUT2D eigenvalue weighted by molar-refractivity contribution is 0.630. The molecule has 2 heterocycles. The summed E-state index contributed by atoms with van der Waals surface area (Å²) in [6.45, 7) is 4.69. The van der Waals surface area contributed by atoms with Crippen molar-refractivity contribution < 1.29 is 0 Å². The van der Waals surface area contributed by atoms with Crippen molar-refractivity contribution in [3.05, 3.63) is 157 Å². The van der Waals surface area contributed by atoms with Crippen molar-refractivity contribution in [1.82, 2.24) is 4.57 Å². The minimum Gasteiger partial charge on any atom is -0.309 e. The highest BCUT2D eigenvalue weighted by Gasteiger charge is 2.34. The smallest absolute Gasteiger partial charge is 0.0973 e. The van der Waals surface area contributed by atoms with E-state index >= 15 is 0 Å². The summed E-state index contributed by atoms with van der Waals surface area (Å²) < 4.78 is 2.47. The molecule has 1 aliphatic heterocycles. The highest BCUT2D eigenvalue weighted by Crippen LogP contribution is 2.48. The van der Waals surface area contributed by atoms with E-state index in [2.05, 4.69) is 157 Å². The Kier molecular flexibility index (Phi) is 5.11. The molecule has 6 aromatic carbocycles. The molecule has 0 N–H and O–H groups in total. The van der Waals surface area contributed by atoms with Gasteiger partial charge >= 0.3 is 0 Å². The van der Waals surface area contributed by atoms with Gasteiger partial charge in [0.2, 0.25) is 0 Å². The first kappa shape index (κ1) is 23.6. The van der Waals surface area contributed by atoms with Gasteiger partial charge in [-0.1, -0.05) is 105 Å². The minimum atomic E-state index is -0.0813. The molecule has 1 aliphatic rings. The van der Waals surface area contributed by atoms with Gasteiger partial charge in [-0.05, 0) is 76.9 Å². The van der Waals surface area contributed by atoms with Crippen LogP contribution in [0.4, 0.5) is 17.1 Å². The number of rotatable bonds is 4. The molecule has 2 nitrogen and oxygen atoms in total. The van der Waals surface area contributed by atoms with Gasteiger partial charge in [-0.15, -0.1) is 0 Å². The monoisotopic (exact) mass is 524 g/mol. The summed E-state index contributed by atoms with van der Waals surface area (Å²) >= 11 is 0. The Labute approximate surface area is 240 Å². The summed E-state index contributed by atoms with van der Waals surface area (Å²) in [5.74, 6) is 0. The molecule has 7 aromatic rings. The molecule has 0 saturated carbocycles. The van der Waals surface area contributed by atoms with Crippen LogP contribution in [0.15, 0.2) is 133 Å². The summed E-state index contributed by atoms with van der Waals surface area (Å²) in [5.41, 5.74) is 11.9. The largest absolute Gasteiger partial charge is 0.309 e. The Morgan fingerprint density at radius 1 is 0.610 bits per heavy atom. The fraction of sp³-hybridized carbons (Fsp3) is 0.0769. The Morgan fingerprint density at radius 2 is 1.37 bits per heavy atom. The van der Waals surface area contributed by atoms with E-state index in [1.54, 1.807) is 0 Å². The van der Waals surface area contributed by atoms with Gasteiger partial charge in [-0.2, -0.15) is 0 Å². The number of anilines is 3. The minimum absolute atomic E-state index is 0.0813. The summed E-state index contributed by atoms with van der Waals surface area (Å²) in [7, 11) is 0. The third-order valence-corrected chi connectivity index (χ3v) is 8.61. The third kappa shape index (κ3) is 3.53. The lowest BCUT2D eigenvalue weighted by Gasteiger charge is -2.34. The Bertz CT molecular complexity index is 2070. The van der Waals surface area contributed by atoms with Gasteiger partial charge in [-0.3, -0.25) is 0 Å². The van der Waals surface area contributed by atoms with E-state index in [0.717, 1.165) is 17.1 Å². The van der Waals surface area contributed by atoms with Crippen LogP contribution < -0.4 is 4.90 Å². The number of fused-ring (bicyclic) bond motifs is 5. The van der Waals surface area contributed by atoms with Gasteiger partial charge in [0.15, 0.2) is 0 Å². The van der Waals surface area contributed by atoms with Crippen LogP contribution in [0.3, 0.4) is 0 Å². The first-order valence-corrected chi connectivity index (χ1v) is 14.1. The zero-order valence-electron chi connectivity index (χ0n) is 23.1. The van der Waals surface area contributed by atoms with Gasteiger partial charge < -0.3 is 9.47 Å². The van der Waals surface area contributed by atoms with E-state index in [1.807, 2.05) is 12.1 Å². The average molecular weight is 525 g/mol. The van der Waals surface area contributed by atoms with Crippen molar-refractivity contribution in [1.29, 1.82) is 0 Å². The van der Waals surface area contributed by atoms with Gasteiger partial charge in [0.25, 0.3) is 0 Å². The second-order valence-electron chi connectivity index (χ2n) is 11.3. The van der Waals surface area contributed by atoms with Crippen molar-refractivity contribution >= 4 is 38.9 Å². The lowest BCUT2D eigenvalue weighted by Crippen LogP contribution is -2.26. The summed E-state index contributed by atoms with van der Waals surface area (Å²) in [6.07, 6.45) is 0. The Hall–Kier alpha value is -5.26. The van der Waals surface area contributed by atoms with Crippen molar-refractivity contribution in [2.75, 3.05) is 4.90 Å². The highest BCUT2D eigenvalue weighted by molar-refractivity contribution is 6.12. The molecule has 0 fully saturated rings. The molecule has 194 valence electrons. The van der Waals surface area contributed by atoms with E-state index in [9.17, 15) is 0 Å². The van der Waals surface area contributed by atoms with E-state index in [0.29, 0.717) is 0 Å². The maximum Gasteiger partial charge on any atom is 0.0973 e. The van der Waals surface area contributed by atoms with Crippen LogP contribution in [-0.2, 0) is 5.41 Å². The molecule has 0 unspecified atom stereocenters. The predicted molar refractivity (Wildman–Crippen MR) is 171 cm³/mol. The van der Waals surface area contributed by atoms with E-state index in [4.69, 9.17) is 0 Å². The van der Waals surface area contributed by atoms with Crippen LogP contribution in [0, 0.1) is 12.1 Å². The second kappa shape index (κ2) is 8.88. The molecule has 8 rings (SSSR count). The van der Waals surface area contributed by atoms with Crippen LogP contribution in [0.2, 0.25) is 0 Å².